The maximum absolute atomic E-state index is 13.0. The number of nitrogens with zero attached hydrogens (tertiary/aromatic N) is 1. The number of hydrogen-bond acceptors (Lipinski definition) is 3. The molecule has 2 rings (SSSR count). The number of halogens is 2. The number of amides is 2. The van der Waals surface area contributed by atoms with Gasteiger partial charge in [0.15, 0.2) is 0 Å². The van der Waals surface area contributed by atoms with Crippen LogP contribution >= 0.6 is 11.6 Å². The van der Waals surface area contributed by atoms with E-state index in [0.717, 1.165) is 5.56 Å². The monoisotopic (exact) mass is 375 g/mol. The maximum atomic E-state index is 13.0. The number of benzene rings is 2. The third-order valence-corrected chi connectivity index (χ3v) is 3.85. The number of hydrazone groups is 1. The summed E-state index contributed by atoms with van der Waals surface area (Å²) >= 11 is 5.80. The first-order valence-corrected chi connectivity index (χ1v) is 8.39. The van der Waals surface area contributed by atoms with Crippen LogP contribution in [0.3, 0.4) is 0 Å². The third kappa shape index (κ3) is 5.67. The molecule has 2 N–H and O–H groups in total. The summed E-state index contributed by atoms with van der Waals surface area (Å²) < 4.78 is 13.0. The van der Waals surface area contributed by atoms with Gasteiger partial charge in [0.1, 0.15) is 11.9 Å². The average Bonchev–Trinajstić information content (AvgIpc) is 2.61. The molecule has 0 saturated carbocycles. The molecule has 0 heterocycles. The van der Waals surface area contributed by atoms with Gasteiger partial charge in [-0.25, -0.2) is 9.82 Å². The molecule has 2 aromatic rings. The van der Waals surface area contributed by atoms with Crippen molar-refractivity contribution in [2.24, 2.45) is 11.0 Å². The van der Waals surface area contributed by atoms with E-state index in [-0.39, 0.29) is 11.5 Å². The first-order chi connectivity index (χ1) is 12.4. The first kappa shape index (κ1) is 19.6. The number of carbonyl (C=O) groups is 2. The minimum Gasteiger partial charge on any atom is -0.340 e. The Kier molecular flexibility index (Phi) is 6.86. The smallest absolute Gasteiger partial charge is 0.262 e. The highest BCUT2D eigenvalue weighted by Gasteiger charge is 2.24. The second-order valence-electron chi connectivity index (χ2n) is 5.99. The Bertz CT molecular complexity index is 789. The highest BCUT2D eigenvalue weighted by molar-refractivity contribution is 6.30. The summed E-state index contributed by atoms with van der Waals surface area (Å²) in [6.45, 7) is 3.61. The fourth-order valence-corrected chi connectivity index (χ4v) is 2.28. The van der Waals surface area contributed by atoms with Crippen molar-refractivity contribution < 1.29 is 14.0 Å². The van der Waals surface area contributed by atoms with Gasteiger partial charge in [-0.15, -0.1) is 0 Å². The largest absolute Gasteiger partial charge is 0.340 e. The molecule has 0 spiro atoms. The fourth-order valence-electron chi connectivity index (χ4n) is 2.15. The van der Waals surface area contributed by atoms with E-state index in [1.807, 2.05) is 0 Å². The van der Waals surface area contributed by atoms with Gasteiger partial charge in [-0.05, 0) is 47.9 Å². The van der Waals surface area contributed by atoms with Crippen LogP contribution in [0.25, 0.3) is 0 Å². The maximum Gasteiger partial charge on any atom is 0.262 e. The molecule has 26 heavy (non-hydrogen) atoms. The van der Waals surface area contributed by atoms with Crippen LogP contribution in [0.5, 0.6) is 0 Å². The molecule has 136 valence electrons. The highest BCUT2D eigenvalue weighted by atomic mass is 35.5. The predicted molar refractivity (Wildman–Crippen MR) is 99.7 cm³/mol. The lowest BCUT2D eigenvalue weighted by Gasteiger charge is -2.20. The Morgan fingerprint density at radius 3 is 2.27 bits per heavy atom. The van der Waals surface area contributed by atoms with Gasteiger partial charge >= 0.3 is 0 Å². The molecule has 0 bridgehead atoms. The van der Waals surface area contributed by atoms with Gasteiger partial charge < -0.3 is 5.32 Å². The van der Waals surface area contributed by atoms with Crippen LogP contribution in [0.4, 0.5) is 4.39 Å². The van der Waals surface area contributed by atoms with Crippen molar-refractivity contribution in [2.45, 2.75) is 19.9 Å². The zero-order valence-corrected chi connectivity index (χ0v) is 15.1. The minimum absolute atomic E-state index is 0.162. The number of nitrogens with one attached hydrogen (secondary N) is 2. The molecule has 0 fully saturated rings. The second kappa shape index (κ2) is 9.10. The van der Waals surface area contributed by atoms with E-state index in [2.05, 4.69) is 15.8 Å². The Morgan fingerprint density at radius 2 is 1.69 bits per heavy atom. The predicted octanol–water partition coefficient (Wildman–Crippen LogP) is 3.38. The van der Waals surface area contributed by atoms with Crippen molar-refractivity contribution in [3.8, 4) is 0 Å². The summed E-state index contributed by atoms with van der Waals surface area (Å²) in [6, 6.07) is 11.3. The molecular formula is C19H19ClFN3O2. The summed E-state index contributed by atoms with van der Waals surface area (Å²) in [5.41, 5.74) is 3.46. The van der Waals surface area contributed by atoms with Crippen LogP contribution in [0.2, 0.25) is 5.02 Å². The van der Waals surface area contributed by atoms with E-state index in [1.165, 1.54) is 30.5 Å². The third-order valence-electron chi connectivity index (χ3n) is 3.60. The fraction of sp³-hybridized carbons (Fsp3) is 0.211. The molecule has 0 aliphatic carbocycles. The van der Waals surface area contributed by atoms with Crippen molar-refractivity contribution in [3.05, 3.63) is 70.5 Å². The Hall–Kier alpha value is -2.73. The van der Waals surface area contributed by atoms with Crippen molar-refractivity contribution in [2.75, 3.05) is 0 Å². The normalized spacial score (nSPS) is 12.2. The van der Waals surface area contributed by atoms with Gasteiger partial charge in [0, 0.05) is 10.6 Å². The standard InChI is InChI=1S/C19H19ClFN3O2/c1-12(2)17(23-18(25)14-5-9-16(21)10-6-14)19(26)24-22-11-13-3-7-15(20)8-4-13/h3-12,17H,1-2H3,(H,23,25)(H,24,26). The van der Waals surface area contributed by atoms with Crippen LogP contribution in [-0.2, 0) is 4.79 Å². The molecule has 0 aromatic heterocycles. The number of rotatable bonds is 6. The summed E-state index contributed by atoms with van der Waals surface area (Å²) in [7, 11) is 0. The molecule has 0 saturated heterocycles. The molecule has 2 amide bonds. The summed E-state index contributed by atoms with van der Waals surface area (Å²) in [4.78, 5) is 24.6. The lowest BCUT2D eigenvalue weighted by molar-refractivity contribution is -0.123. The van der Waals surface area contributed by atoms with Crippen LogP contribution in [0, 0.1) is 11.7 Å². The zero-order chi connectivity index (χ0) is 19.1. The molecule has 1 unspecified atom stereocenters. The van der Waals surface area contributed by atoms with Crippen LogP contribution in [0.1, 0.15) is 29.8 Å². The molecule has 1 atom stereocenters. The Balaban J connectivity index is 1.99. The van der Waals surface area contributed by atoms with E-state index >= 15 is 0 Å². The van der Waals surface area contributed by atoms with Gasteiger partial charge in [-0.2, -0.15) is 5.10 Å². The van der Waals surface area contributed by atoms with Crippen molar-refractivity contribution >= 4 is 29.6 Å². The Morgan fingerprint density at radius 1 is 1.08 bits per heavy atom. The topological polar surface area (TPSA) is 70.6 Å². The van der Waals surface area contributed by atoms with E-state index < -0.39 is 23.7 Å². The highest BCUT2D eigenvalue weighted by Crippen LogP contribution is 2.08. The molecule has 5 nitrogen and oxygen atoms in total. The average molecular weight is 376 g/mol. The van der Waals surface area contributed by atoms with Crippen LogP contribution in [-0.4, -0.2) is 24.1 Å². The van der Waals surface area contributed by atoms with Gasteiger partial charge in [-0.1, -0.05) is 37.6 Å². The second-order valence-corrected chi connectivity index (χ2v) is 6.42. The molecular weight excluding hydrogens is 357 g/mol. The van der Waals surface area contributed by atoms with Crippen molar-refractivity contribution in [3.63, 3.8) is 0 Å². The SMILES string of the molecule is CC(C)C(NC(=O)c1ccc(F)cc1)C(=O)NN=Cc1ccc(Cl)cc1. The van der Waals surface area contributed by atoms with Gasteiger partial charge in [-0.3, -0.25) is 9.59 Å². The lowest BCUT2D eigenvalue weighted by atomic mass is 10.0. The number of hydrogen-bond donors (Lipinski definition) is 2. The van der Waals surface area contributed by atoms with Gasteiger partial charge in [0.2, 0.25) is 0 Å². The quantitative estimate of drug-likeness (QED) is 0.600. The van der Waals surface area contributed by atoms with Crippen molar-refractivity contribution in [1.29, 1.82) is 0 Å². The Labute approximate surface area is 156 Å². The first-order valence-electron chi connectivity index (χ1n) is 8.01. The van der Waals surface area contributed by atoms with Crippen molar-refractivity contribution in [1.82, 2.24) is 10.7 Å². The van der Waals surface area contributed by atoms with Crippen LogP contribution in [0.15, 0.2) is 53.6 Å². The van der Waals surface area contributed by atoms with Crippen LogP contribution < -0.4 is 10.7 Å². The van der Waals surface area contributed by atoms with E-state index in [9.17, 15) is 14.0 Å². The van der Waals surface area contributed by atoms with Gasteiger partial charge in [0.25, 0.3) is 11.8 Å². The summed E-state index contributed by atoms with van der Waals surface area (Å²) in [5.74, 6) is -1.50. The lowest BCUT2D eigenvalue weighted by Crippen LogP contribution is -2.48. The minimum atomic E-state index is -0.782. The summed E-state index contributed by atoms with van der Waals surface area (Å²) in [5, 5.41) is 7.15. The zero-order valence-electron chi connectivity index (χ0n) is 14.4. The number of carbonyl (C=O) groups excluding carboxylic acids is 2. The van der Waals surface area contributed by atoms with E-state index in [4.69, 9.17) is 11.6 Å². The van der Waals surface area contributed by atoms with E-state index in [0.29, 0.717) is 5.02 Å². The molecule has 0 aliphatic rings. The van der Waals surface area contributed by atoms with E-state index in [1.54, 1.807) is 38.1 Å². The summed E-state index contributed by atoms with van der Waals surface area (Å²) in [6.07, 6.45) is 1.48. The molecule has 0 radical (unpaired) electrons. The molecule has 0 aliphatic heterocycles. The molecule has 7 heteroatoms. The van der Waals surface area contributed by atoms with Gasteiger partial charge in [0.05, 0.1) is 6.21 Å². The molecule has 2 aromatic carbocycles.